The Morgan fingerprint density at radius 1 is 1.05 bits per heavy atom. The second-order valence-electron chi connectivity index (χ2n) is 5.71. The van der Waals surface area contributed by atoms with E-state index in [2.05, 4.69) is 18.2 Å². The molecule has 0 heterocycles. The number of carbonyl (C=O) groups excluding carboxylic acids is 1. The number of hydrogen-bond acceptors (Lipinski definition) is 2. The van der Waals surface area contributed by atoms with Crippen molar-refractivity contribution in [3.63, 3.8) is 0 Å². The Hall–Kier alpha value is -2.29. The van der Waals surface area contributed by atoms with Crippen LogP contribution >= 0.6 is 0 Å². The highest BCUT2D eigenvalue weighted by Crippen LogP contribution is 2.27. The molecule has 0 radical (unpaired) electrons. The molecule has 0 fully saturated rings. The van der Waals surface area contributed by atoms with Gasteiger partial charge >= 0.3 is 0 Å². The van der Waals surface area contributed by atoms with E-state index in [0.29, 0.717) is 6.54 Å². The molecule has 0 spiro atoms. The predicted molar refractivity (Wildman–Crippen MR) is 90.5 cm³/mol. The molecule has 3 heteroatoms. The molecule has 1 amide bonds. The number of amides is 1. The van der Waals surface area contributed by atoms with Crippen molar-refractivity contribution in [2.45, 2.75) is 34.2 Å². The van der Waals surface area contributed by atoms with Crippen molar-refractivity contribution in [1.29, 1.82) is 0 Å². The van der Waals surface area contributed by atoms with Gasteiger partial charge in [-0.2, -0.15) is 0 Å². The van der Waals surface area contributed by atoms with Crippen molar-refractivity contribution in [2.24, 2.45) is 0 Å². The highest BCUT2D eigenvalue weighted by molar-refractivity contribution is 5.92. The van der Waals surface area contributed by atoms with E-state index in [1.807, 2.05) is 39.0 Å². The Balaban J connectivity index is 2.44. The molecule has 0 aliphatic heterocycles. The molecule has 0 unspecified atom stereocenters. The molecular formula is C19H23NO2. The van der Waals surface area contributed by atoms with Crippen molar-refractivity contribution >= 4 is 11.6 Å². The molecule has 0 N–H and O–H groups in total. The van der Waals surface area contributed by atoms with Gasteiger partial charge in [-0.25, -0.2) is 0 Å². The van der Waals surface area contributed by atoms with E-state index < -0.39 is 0 Å². The van der Waals surface area contributed by atoms with Gasteiger partial charge in [0.05, 0.1) is 13.7 Å². The number of methoxy groups -OCH3 is 1. The van der Waals surface area contributed by atoms with Crippen LogP contribution in [0.2, 0.25) is 0 Å². The standard InChI is InChI=1S/C19H23NO2/c1-13-7-9-19(22-5)17(10-13)12-20(16(4)21)18-11-14(2)6-8-15(18)3/h6-11H,12H2,1-5H3. The first-order valence-corrected chi connectivity index (χ1v) is 7.41. The minimum absolute atomic E-state index is 0.0252. The first-order valence-electron chi connectivity index (χ1n) is 7.41. The van der Waals surface area contributed by atoms with Gasteiger partial charge in [-0.3, -0.25) is 4.79 Å². The van der Waals surface area contributed by atoms with Gasteiger partial charge in [-0.15, -0.1) is 0 Å². The zero-order valence-corrected chi connectivity index (χ0v) is 13.9. The number of ether oxygens (including phenoxy) is 1. The van der Waals surface area contributed by atoms with Crippen LogP contribution in [-0.4, -0.2) is 13.0 Å². The fourth-order valence-electron chi connectivity index (χ4n) is 2.58. The number of hydrogen-bond donors (Lipinski definition) is 0. The lowest BCUT2D eigenvalue weighted by atomic mass is 10.1. The average Bonchev–Trinajstić information content (AvgIpc) is 2.47. The Labute approximate surface area is 132 Å². The van der Waals surface area contributed by atoms with Crippen molar-refractivity contribution < 1.29 is 9.53 Å². The third-order valence-corrected chi connectivity index (χ3v) is 3.80. The van der Waals surface area contributed by atoms with E-state index >= 15 is 0 Å². The molecular weight excluding hydrogens is 274 g/mol. The monoisotopic (exact) mass is 297 g/mol. The van der Waals surface area contributed by atoms with Gasteiger partial charge < -0.3 is 9.64 Å². The first-order chi connectivity index (χ1) is 10.4. The van der Waals surface area contributed by atoms with Crippen LogP contribution in [0.25, 0.3) is 0 Å². The van der Waals surface area contributed by atoms with Gasteiger partial charge in [0.25, 0.3) is 0 Å². The summed E-state index contributed by atoms with van der Waals surface area (Å²) in [7, 11) is 1.66. The normalized spacial score (nSPS) is 10.4. The van der Waals surface area contributed by atoms with Gasteiger partial charge in [-0.05, 0) is 44.0 Å². The van der Waals surface area contributed by atoms with Crippen molar-refractivity contribution in [1.82, 2.24) is 0 Å². The number of benzene rings is 2. The highest BCUT2D eigenvalue weighted by atomic mass is 16.5. The van der Waals surface area contributed by atoms with Gasteiger partial charge in [0.15, 0.2) is 0 Å². The maximum absolute atomic E-state index is 12.2. The average molecular weight is 297 g/mol. The van der Waals surface area contributed by atoms with E-state index in [4.69, 9.17) is 4.74 Å². The highest BCUT2D eigenvalue weighted by Gasteiger charge is 2.17. The fourth-order valence-corrected chi connectivity index (χ4v) is 2.58. The van der Waals surface area contributed by atoms with Crippen molar-refractivity contribution in [2.75, 3.05) is 12.0 Å². The van der Waals surface area contributed by atoms with E-state index in [1.54, 1.807) is 18.9 Å². The minimum atomic E-state index is 0.0252. The topological polar surface area (TPSA) is 29.5 Å². The van der Waals surface area contributed by atoms with Crippen molar-refractivity contribution in [3.05, 3.63) is 58.7 Å². The molecule has 116 valence electrons. The quantitative estimate of drug-likeness (QED) is 0.847. The van der Waals surface area contributed by atoms with Gasteiger partial charge in [-0.1, -0.05) is 29.8 Å². The fraction of sp³-hybridized carbons (Fsp3) is 0.316. The molecule has 0 saturated heterocycles. The first kappa shape index (κ1) is 16.1. The summed E-state index contributed by atoms with van der Waals surface area (Å²) in [5.41, 5.74) is 5.35. The summed E-state index contributed by atoms with van der Waals surface area (Å²) in [6, 6.07) is 12.2. The zero-order valence-electron chi connectivity index (χ0n) is 13.9. The third-order valence-electron chi connectivity index (χ3n) is 3.80. The third kappa shape index (κ3) is 3.48. The van der Waals surface area contributed by atoms with E-state index in [1.165, 1.54) is 0 Å². The van der Waals surface area contributed by atoms with Gasteiger partial charge in [0, 0.05) is 18.2 Å². The Kier molecular flexibility index (Phi) is 4.86. The Morgan fingerprint density at radius 3 is 2.32 bits per heavy atom. The van der Waals surface area contributed by atoms with E-state index in [9.17, 15) is 4.79 Å². The second kappa shape index (κ2) is 6.65. The lowest BCUT2D eigenvalue weighted by molar-refractivity contribution is -0.116. The van der Waals surface area contributed by atoms with Crippen LogP contribution in [0.5, 0.6) is 5.75 Å². The summed E-state index contributed by atoms with van der Waals surface area (Å²) in [5.74, 6) is 0.833. The molecule has 0 bridgehead atoms. The van der Waals surface area contributed by atoms with E-state index in [0.717, 1.165) is 33.7 Å². The number of carbonyl (C=O) groups is 1. The minimum Gasteiger partial charge on any atom is -0.496 e. The number of rotatable bonds is 4. The molecule has 0 aliphatic carbocycles. The summed E-state index contributed by atoms with van der Waals surface area (Å²) in [5, 5.41) is 0. The smallest absolute Gasteiger partial charge is 0.224 e. The number of anilines is 1. The van der Waals surface area contributed by atoms with E-state index in [-0.39, 0.29) is 5.91 Å². The molecule has 0 atom stereocenters. The lowest BCUT2D eigenvalue weighted by Crippen LogP contribution is -2.28. The molecule has 3 nitrogen and oxygen atoms in total. The second-order valence-corrected chi connectivity index (χ2v) is 5.71. The summed E-state index contributed by atoms with van der Waals surface area (Å²) in [4.78, 5) is 14.0. The maximum atomic E-state index is 12.2. The maximum Gasteiger partial charge on any atom is 0.224 e. The summed E-state index contributed by atoms with van der Waals surface area (Å²) >= 11 is 0. The Morgan fingerprint density at radius 2 is 1.68 bits per heavy atom. The van der Waals surface area contributed by atoms with Gasteiger partial charge in [0.2, 0.25) is 5.91 Å². The molecule has 0 saturated carbocycles. The van der Waals surface area contributed by atoms with Crippen LogP contribution in [0.1, 0.15) is 29.2 Å². The molecule has 0 aliphatic rings. The van der Waals surface area contributed by atoms with Crippen LogP contribution in [0.4, 0.5) is 5.69 Å². The SMILES string of the molecule is COc1ccc(C)cc1CN(C(C)=O)c1cc(C)ccc1C. The van der Waals surface area contributed by atoms with Crippen molar-refractivity contribution in [3.8, 4) is 5.75 Å². The lowest BCUT2D eigenvalue weighted by Gasteiger charge is -2.25. The molecule has 0 aromatic heterocycles. The van der Waals surface area contributed by atoms with Crippen LogP contribution in [0, 0.1) is 20.8 Å². The molecule has 2 rings (SSSR count). The molecule has 2 aromatic rings. The number of aryl methyl sites for hydroxylation is 3. The van der Waals surface area contributed by atoms with Crippen LogP contribution < -0.4 is 9.64 Å². The van der Waals surface area contributed by atoms with Crippen LogP contribution in [0.15, 0.2) is 36.4 Å². The summed E-state index contributed by atoms with van der Waals surface area (Å²) in [6.45, 7) is 8.21. The largest absolute Gasteiger partial charge is 0.496 e. The molecule has 22 heavy (non-hydrogen) atoms. The molecule has 2 aromatic carbocycles. The van der Waals surface area contributed by atoms with Crippen LogP contribution in [-0.2, 0) is 11.3 Å². The number of nitrogens with zero attached hydrogens (tertiary/aromatic N) is 1. The summed E-state index contributed by atoms with van der Waals surface area (Å²) < 4.78 is 5.43. The Bertz CT molecular complexity index is 692. The zero-order chi connectivity index (χ0) is 16.3. The van der Waals surface area contributed by atoms with Crippen LogP contribution in [0.3, 0.4) is 0 Å². The predicted octanol–water partition coefficient (Wildman–Crippen LogP) is 4.17. The van der Waals surface area contributed by atoms with Gasteiger partial charge in [0.1, 0.15) is 5.75 Å². The summed E-state index contributed by atoms with van der Waals surface area (Å²) in [6.07, 6.45) is 0.